The Morgan fingerprint density at radius 2 is 2.24 bits per heavy atom. The van der Waals surface area contributed by atoms with Gasteiger partial charge in [-0.25, -0.2) is 4.98 Å². The number of halogens is 2. The number of aromatic nitrogens is 3. The smallest absolute Gasteiger partial charge is 0.188 e. The monoisotopic (exact) mass is 269 g/mol. The highest BCUT2D eigenvalue weighted by atomic mass is 35.5. The van der Waals surface area contributed by atoms with Crippen molar-refractivity contribution in [2.75, 3.05) is 0 Å². The van der Waals surface area contributed by atoms with Gasteiger partial charge in [-0.05, 0) is 12.1 Å². The lowest BCUT2D eigenvalue weighted by molar-refractivity contribution is 0.0987. The van der Waals surface area contributed by atoms with Crippen LogP contribution in [0.3, 0.4) is 0 Å². The Hall–Kier alpha value is -1.39. The van der Waals surface area contributed by atoms with Crippen molar-refractivity contribution in [1.82, 2.24) is 14.8 Å². The molecular formula is C11H9Cl2N3O. The first-order chi connectivity index (χ1) is 8.06. The van der Waals surface area contributed by atoms with Gasteiger partial charge in [-0.15, -0.1) is 0 Å². The zero-order valence-corrected chi connectivity index (χ0v) is 10.5. The molecule has 0 aliphatic rings. The minimum atomic E-state index is -0.176. The Balaban J connectivity index is 2.20. The maximum Gasteiger partial charge on any atom is 0.188 e. The predicted octanol–water partition coefficient (Wildman–Crippen LogP) is 2.55. The Labute approximate surface area is 108 Å². The zero-order valence-electron chi connectivity index (χ0n) is 9.02. The van der Waals surface area contributed by atoms with Crippen LogP contribution in [0.2, 0.25) is 10.0 Å². The van der Waals surface area contributed by atoms with Crippen LogP contribution in [0.15, 0.2) is 24.5 Å². The summed E-state index contributed by atoms with van der Waals surface area (Å²) in [5.74, 6) is -0.176. The summed E-state index contributed by atoms with van der Waals surface area (Å²) in [7, 11) is 1.79. The van der Waals surface area contributed by atoms with Crippen molar-refractivity contribution in [3.63, 3.8) is 0 Å². The van der Waals surface area contributed by atoms with E-state index in [9.17, 15) is 4.79 Å². The number of Topliss-reactive ketones (excluding diaryl/α,β-unsaturated/α-hetero) is 1. The molecule has 0 saturated heterocycles. The van der Waals surface area contributed by atoms with Crippen LogP contribution in [0.5, 0.6) is 0 Å². The first-order valence-electron chi connectivity index (χ1n) is 4.89. The third-order valence-corrected chi connectivity index (χ3v) is 2.68. The lowest BCUT2D eigenvalue weighted by atomic mass is 10.1. The van der Waals surface area contributed by atoms with Gasteiger partial charge in [-0.1, -0.05) is 23.2 Å². The lowest BCUT2D eigenvalue weighted by Crippen LogP contribution is -2.07. The summed E-state index contributed by atoms with van der Waals surface area (Å²) in [6, 6.07) is 3.28. The molecule has 4 nitrogen and oxygen atoms in total. The van der Waals surface area contributed by atoms with Gasteiger partial charge in [0.1, 0.15) is 5.69 Å². The Bertz CT molecular complexity index is 566. The second-order valence-electron chi connectivity index (χ2n) is 3.56. The molecule has 2 heterocycles. The predicted molar refractivity (Wildman–Crippen MR) is 65.5 cm³/mol. The van der Waals surface area contributed by atoms with Crippen molar-refractivity contribution in [2.45, 2.75) is 6.42 Å². The molecule has 0 unspecified atom stereocenters. The van der Waals surface area contributed by atoms with E-state index in [0.29, 0.717) is 10.7 Å². The molecule has 88 valence electrons. The molecule has 0 aliphatic heterocycles. The molecule has 0 spiro atoms. The van der Waals surface area contributed by atoms with E-state index in [1.54, 1.807) is 24.0 Å². The summed E-state index contributed by atoms with van der Waals surface area (Å²) >= 11 is 11.6. The summed E-state index contributed by atoms with van der Waals surface area (Å²) < 4.78 is 1.64. The van der Waals surface area contributed by atoms with Crippen molar-refractivity contribution in [3.05, 3.63) is 46.0 Å². The van der Waals surface area contributed by atoms with Crippen LogP contribution in [0.25, 0.3) is 0 Å². The molecule has 0 saturated carbocycles. The molecule has 6 heteroatoms. The first kappa shape index (κ1) is 12.1. The number of pyridine rings is 1. The second-order valence-corrected chi connectivity index (χ2v) is 4.41. The summed E-state index contributed by atoms with van der Waals surface area (Å²) in [6.07, 6.45) is 3.35. The average molecular weight is 270 g/mol. The Morgan fingerprint density at radius 3 is 2.82 bits per heavy atom. The van der Waals surface area contributed by atoms with Crippen LogP contribution in [0.1, 0.15) is 16.2 Å². The van der Waals surface area contributed by atoms with Crippen molar-refractivity contribution >= 4 is 29.0 Å². The van der Waals surface area contributed by atoms with E-state index in [1.807, 2.05) is 0 Å². The van der Waals surface area contributed by atoms with E-state index in [-0.39, 0.29) is 22.9 Å². The summed E-state index contributed by atoms with van der Waals surface area (Å²) in [5.41, 5.74) is 0.909. The number of carbonyl (C=O) groups excluding carboxylic acids is 1. The minimum absolute atomic E-state index is 0.176. The highest BCUT2D eigenvalue weighted by Gasteiger charge is 2.14. The fraction of sp³-hybridized carbons (Fsp3) is 0.182. The molecule has 0 amide bonds. The molecule has 0 radical (unpaired) electrons. The van der Waals surface area contributed by atoms with Crippen molar-refractivity contribution < 1.29 is 4.79 Å². The Morgan fingerprint density at radius 1 is 1.47 bits per heavy atom. The number of carbonyl (C=O) groups is 1. The average Bonchev–Trinajstić information content (AvgIpc) is 2.63. The highest BCUT2D eigenvalue weighted by Crippen LogP contribution is 2.19. The molecule has 0 aliphatic carbocycles. The molecule has 2 rings (SSSR count). The molecule has 17 heavy (non-hydrogen) atoms. The first-order valence-corrected chi connectivity index (χ1v) is 5.64. The van der Waals surface area contributed by atoms with E-state index >= 15 is 0 Å². The third-order valence-electron chi connectivity index (χ3n) is 2.18. The van der Waals surface area contributed by atoms with Crippen molar-refractivity contribution in [1.29, 1.82) is 0 Å². The third kappa shape index (κ3) is 2.84. The van der Waals surface area contributed by atoms with E-state index < -0.39 is 0 Å². The molecule has 2 aromatic rings. The zero-order chi connectivity index (χ0) is 12.4. The summed E-state index contributed by atoms with van der Waals surface area (Å²) in [4.78, 5) is 15.8. The van der Waals surface area contributed by atoms with Crippen LogP contribution in [-0.4, -0.2) is 20.5 Å². The van der Waals surface area contributed by atoms with Crippen molar-refractivity contribution in [3.8, 4) is 0 Å². The topological polar surface area (TPSA) is 47.8 Å². The van der Waals surface area contributed by atoms with Gasteiger partial charge in [-0.3, -0.25) is 9.48 Å². The van der Waals surface area contributed by atoms with Crippen LogP contribution in [0.4, 0.5) is 0 Å². The molecule has 0 fully saturated rings. The van der Waals surface area contributed by atoms with Gasteiger partial charge < -0.3 is 0 Å². The molecule has 0 atom stereocenters. The lowest BCUT2D eigenvalue weighted by Gasteiger charge is -2.01. The SMILES string of the molecule is Cn1ccc(CC(=O)c2ncc(Cl)cc2Cl)n1. The maximum atomic E-state index is 11.9. The van der Waals surface area contributed by atoms with Crippen LogP contribution < -0.4 is 0 Å². The number of aryl methyl sites for hydroxylation is 1. The molecular weight excluding hydrogens is 261 g/mol. The van der Waals surface area contributed by atoms with Crippen LogP contribution in [0, 0.1) is 0 Å². The fourth-order valence-corrected chi connectivity index (χ4v) is 1.91. The van der Waals surface area contributed by atoms with Gasteiger partial charge in [0, 0.05) is 19.4 Å². The second kappa shape index (κ2) is 4.85. The van der Waals surface area contributed by atoms with Gasteiger partial charge in [0.05, 0.1) is 22.2 Å². The number of rotatable bonds is 3. The number of ketones is 1. The van der Waals surface area contributed by atoms with Crippen LogP contribution in [-0.2, 0) is 13.5 Å². The minimum Gasteiger partial charge on any atom is -0.292 e. The van der Waals surface area contributed by atoms with Crippen molar-refractivity contribution in [2.24, 2.45) is 7.05 Å². The highest BCUT2D eigenvalue weighted by molar-refractivity contribution is 6.36. The van der Waals surface area contributed by atoms with Gasteiger partial charge in [0.15, 0.2) is 5.78 Å². The summed E-state index contributed by atoms with van der Waals surface area (Å²) in [5, 5.41) is 4.79. The van der Waals surface area contributed by atoms with Crippen LogP contribution >= 0.6 is 23.2 Å². The van der Waals surface area contributed by atoms with Gasteiger partial charge in [0.2, 0.25) is 0 Å². The van der Waals surface area contributed by atoms with E-state index in [2.05, 4.69) is 10.1 Å². The number of hydrogen-bond acceptors (Lipinski definition) is 3. The summed E-state index contributed by atoms with van der Waals surface area (Å²) in [6.45, 7) is 0. The molecule has 0 bridgehead atoms. The van der Waals surface area contributed by atoms with Gasteiger partial charge in [-0.2, -0.15) is 5.10 Å². The molecule has 0 N–H and O–H groups in total. The number of nitrogens with zero attached hydrogens (tertiary/aromatic N) is 3. The standard InChI is InChI=1S/C11H9Cl2N3O/c1-16-3-2-8(15-16)5-10(17)11-9(13)4-7(12)6-14-11/h2-4,6H,5H2,1H3. The largest absolute Gasteiger partial charge is 0.292 e. The van der Waals surface area contributed by atoms with E-state index in [1.165, 1.54) is 12.3 Å². The van der Waals surface area contributed by atoms with Gasteiger partial charge in [0.25, 0.3) is 0 Å². The van der Waals surface area contributed by atoms with E-state index in [0.717, 1.165) is 0 Å². The fourth-order valence-electron chi connectivity index (χ4n) is 1.43. The molecule has 0 aromatic carbocycles. The Kier molecular flexibility index (Phi) is 3.45. The normalized spacial score (nSPS) is 10.5. The number of hydrogen-bond donors (Lipinski definition) is 0. The van der Waals surface area contributed by atoms with Gasteiger partial charge >= 0.3 is 0 Å². The van der Waals surface area contributed by atoms with E-state index in [4.69, 9.17) is 23.2 Å². The maximum absolute atomic E-state index is 11.9. The molecule has 2 aromatic heterocycles. The quantitative estimate of drug-likeness (QED) is 0.805.